The third-order valence-electron chi connectivity index (χ3n) is 5.63. The van der Waals surface area contributed by atoms with Crippen LogP contribution < -0.4 is 0 Å². The third-order valence-corrected chi connectivity index (χ3v) is 5.63. The van der Waals surface area contributed by atoms with Gasteiger partial charge in [0.15, 0.2) is 0 Å². The lowest BCUT2D eigenvalue weighted by atomic mass is 9.67. The molecule has 0 aromatic carbocycles. The summed E-state index contributed by atoms with van der Waals surface area (Å²) in [6.07, 6.45) is 6.65. The lowest BCUT2D eigenvalue weighted by Crippen LogP contribution is -2.41. The van der Waals surface area contributed by atoms with Gasteiger partial charge in [-0.3, -0.25) is 0 Å². The van der Waals surface area contributed by atoms with Crippen LogP contribution in [-0.4, -0.2) is 42.9 Å². The average Bonchev–Trinajstić information content (AvgIpc) is 3.05. The second kappa shape index (κ2) is 4.47. The molecule has 0 aromatic rings. The summed E-state index contributed by atoms with van der Waals surface area (Å²) >= 11 is 0. The van der Waals surface area contributed by atoms with E-state index >= 15 is 0 Å². The van der Waals surface area contributed by atoms with Gasteiger partial charge in [-0.1, -0.05) is 6.42 Å². The smallest absolute Gasteiger partial charge is 0.403 e. The summed E-state index contributed by atoms with van der Waals surface area (Å²) in [4.78, 5) is 2.63. The van der Waals surface area contributed by atoms with E-state index in [2.05, 4.69) is 32.6 Å². The first-order valence-electron chi connectivity index (χ1n) is 7.93. The van der Waals surface area contributed by atoms with Gasteiger partial charge in [0.25, 0.3) is 0 Å². The molecule has 0 bridgehead atoms. The van der Waals surface area contributed by atoms with Crippen molar-refractivity contribution in [2.45, 2.75) is 76.3 Å². The highest BCUT2D eigenvalue weighted by Gasteiger charge is 2.64. The molecule has 108 valence electrons. The number of nitrogens with zero attached hydrogens (tertiary/aromatic N) is 1. The lowest BCUT2D eigenvalue weighted by Gasteiger charge is -2.32. The first kappa shape index (κ1) is 13.9. The van der Waals surface area contributed by atoms with Gasteiger partial charge in [-0.25, -0.2) is 0 Å². The molecule has 3 nitrogen and oxygen atoms in total. The maximum Gasteiger partial charge on any atom is 0.465 e. The Morgan fingerprint density at radius 2 is 1.42 bits per heavy atom. The molecule has 2 saturated heterocycles. The van der Waals surface area contributed by atoms with Crippen molar-refractivity contribution in [2.24, 2.45) is 0 Å². The van der Waals surface area contributed by atoms with Crippen molar-refractivity contribution in [3.63, 3.8) is 0 Å². The van der Waals surface area contributed by atoms with E-state index in [0.717, 1.165) is 0 Å². The SMILES string of the molecule is CC1(C)OB(C2(CN3CCCCC3)CC2)OC1(C)C. The maximum atomic E-state index is 6.28. The third kappa shape index (κ3) is 2.47. The fourth-order valence-corrected chi connectivity index (χ4v) is 3.28. The summed E-state index contributed by atoms with van der Waals surface area (Å²) in [5, 5.41) is 0.280. The molecule has 1 saturated carbocycles. The molecule has 3 fully saturated rings. The van der Waals surface area contributed by atoms with Gasteiger partial charge >= 0.3 is 7.12 Å². The molecule has 3 aliphatic rings. The number of piperidine rings is 1. The van der Waals surface area contributed by atoms with Gasteiger partial charge in [0.05, 0.1) is 11.2 Å². The van der Waals surface area contributed by atoms with Crippen LogP contribution in [0.25, 0.3) is 0 Å². The van der Waals surface area contributed by atoms with Crippen molar-refractivity contribution in [3.05, 3.63) is 0 Å². The van der Waals surface area contributed by atoms with Crippen LogP contribution in [0.5, 0.6) is 0 Å². The minimum Gasteiger partial charge on any atom is -0.403 e. The van der Waals surface area contributed by atoms with Crippen molar-refractivity contribution in [2.75, 3.05) is 19.6 Å². The Morgan fingerprint density at radius 1 is 0.895 bits per heavy atom. The Morgan fingerprint density at radius 3 is 1.89 bits per heavy atom. The minimum absolute atomic E-state index is 0.000531. The molecular weight excluding hydrogens is 237 g/mol. The Hall–Kier alpha value is -0.0551. The van der Waals surface area contributed by atoms with Crippen molar-refractivity contribution in [1.29, 1.82) is 0 Å². The second-order valence-corrected chi connectivity index (χ2v) is 7.79. The monoisotopic (exact) mass is 265 g/mol. The standard InChI is InChI=1S/C15H28BNO2/c1-13(2)14(3,4)19-16(18-13)15(8-9-15)12-17-10-6-5-7-11-17/h5-12H2,1-4H3. The topological polar surface area (TPSA) is 21.7 Å². The summed E-state index contributed by atoms with van der Waals surface area (Å²) in [7, 11) is -0.000531. The van der Waals surface area contributed by atoms with Gasteiger partial charge in [0.1, 0.15) is 0 Å². The zero-order chi connectivity index (χ0) is 13.7. The Labute approximate surface area is 118 Å². The molecule has 0 amide bonds. The molecule has 0 atom stereocenters. The molecular formula is C15H28BNO2. The lowest BCUT2D eigenvalue weighted by molar-refractivity contribution is 0.00578. The number of hydrogen-bond donors (Lipinski definition) is 0. The van der Waals surface area contributed by atoms with Gasteiger partial charge in [0.2, 0.25) is 0 Å². The van der Waals surface area contributed by atoms with E-state index in [1.807, 2.05) is 0 Å². The zero-order valence-corrected chi connectivity index (χ0v) is 13.0. The summed E-state index contributed by atoms with van der Waals surface area (Å²) in [6, 6.07) is 0. The molecule has 19 heavy (non-hydrogen) atoms. The predicted octanol–water partition coefficient (Wildman–Crippen LogP) is 3.10. The first-order valence-corrected chi connectivity index (χ1v) is 7.93. The van der Waals surface area contributed by atoms with E-state index in [1.54, 1.807) is 0 Å². The average molecular weight is 265 g/mol. The van der Waals surface area contributed by atoms with E-state index in [1.165, 1.54) is 51.7 Å². The van der Waals surface area contributed by atoms with Gasteiger partial charge in [-0.05, 0) is 66.5 Å². The van der Waals surface area contributed by atoms with Crippen LogP contribution in [0.3, 0.4) is 0 Å². The molecule has 0 aromatic heterocycles. The van der Waals surface area contributed by atoms with Gasteiger partial charge in [-0.15, -0.1) is 0 Å². The Balaban J connectivity index is 1.65. The quantitative estimate of drug-likeness (QED) is 0.732. The summed E-state index contributed by atoms with van der Waals surface area (Å²) in [6.45, 7) is 12.3. The van der Waals surface area contributed by atoms with E-state index in [9.17, 15) is 0 Å². The maximum absolute atomic E-state index is 6.28. The highest BCUT2D eigenvalue weighted by atomic mass is 16.7. The molecule has 1 aliphatic carbocycles. The molecule has 0 N–H and O–H groups in total. The Kier molecular flexibility index (Phi) is 3.27. The predicted molar refractivity (Wildman–Crippen MR) is 78.3 cm³/mol. The van der Waals surface area contributed by atoms with Crippen LogP contribution in [-0.2, 0) is 9.31 Å². The van der Waals surface area contributed by atoms with Crippen LogP contribution in [0.1, 0.15) is 59.8 Å². The Bertz CT molecular complexity index is 330. The zero-order valence-electron chi connectivity index (χ0n) is 13.0. The van der Waals surface area contributed by atoms with E-state index < -0.39 is 0 Å². The second-order valence-electron chi connectivity index (χ2n) is 7.79. The molecule has 2 heterocycles. The van der Waals surface area contributed by atoms with Crippen LogP contribution in [0.2, 0.25) is 5.31 Å². The molecule has 0 spiro atoms. The highest BCUT2D eigenvalue weighted by Crippen LogP contribution is 2.60. The van der Waals surface area contributed by atoms with Crippen LogP contribution in [0, 0.1) is 0 Å². The van der Waals surface area contributed by atoms with Crippen molar-refractivity contribution in [3.8, 4) is 0 Å². The normalized spacial score (nSPS) is 32.5. The summed E-state index contributed by atoms with van der Waals surface area (Å²) in [5.41, 5.74) is -0.371. The first-order chi connectivity index (χ1) is 8.85. The van der Waals surface area contributed by atoms with Crippen LogP contribution in [0.15, 0.2) is 0 Å². The largest absolute Gasteiger partial charge is 0.465 e. The van der Waals surface area contributed by atoms with Crippen molar-refractivity contribution in [1.82, 2.24) is 4.90 Å². The highest BCUT2D eigenvalue weighted by molar-refractivity contribution is 6.51. The van der Waals surface area contributed by atoms with Crippen LogP contribution >= 0.6 is 0 Å². The molecule has 3 rings (SSSR count). The van der Waals surface area contributed by atoms with E-state index in [-0.39, 0.29) is 23.6 Å². The van der Waals surface area contributed by atoms with E-state index in [0.29, 0.717) is 0 Å². The molecule has 2 aliphatic heterocycles. The summed E-state index contributed by atoms with van der Waals surface area (Å²) in [5.74, 6) is 0. The van der Waals surface area contributed by atoms with E-state index in [4.69, 9.17) is 9.31 Å². The van der Waals surface area contributed by atoms with Gasteiger partial charge in [0, 0.05) is 11.9 Å². The fraction of sp³-hybridized carbons (Fsp3) is 1.00. The minimum atomic E-state index is -0.185. The fourth-order valence-electron chi connectivity index (χ4n) is 3.28. The summed E-state index contributed by atoms with van der Waals surface area (Å²) < 4.78 is 12.6. The molecule has 0 unspecified atom stereocenters. The number of hydrogen-bond acceptors (Lipinski definition) is 3. The number of rotatable bonds is 3. The van der Waals surface area contributed by atoms with Gasteiger partial charge in [-0.2, -0.15) is 0 Å². The van der Waals surface area contributed by atoms with Gasteiger partial charge < -0.3 is 14.2 Å². The molecule has 0 radical (unpaired) electrons. The number of likely N-dealkylation sites (tertiary alicyclic amines) is 1. The van der Waals surface area contributed by atoms with Crippen molar-refractivity contribution >= 4 is 7.12 Å². The van der Waals surface area contributed by atoms with Crippen LogP contribution in [0.4, 0.5) is 0 Å². The molecule has 4 heteroatoms. The van der Waals surface area contributed by atoms with Crippen molar-refractivity contribution < 1.29 is 9.31 Å².